The van der Waals surface area contributed by atoms with E-state index in [2.05, 4.69) is 15.2 Å². The van der Waals surface area contributed by atoms with Crippen LogP contribution >= 0.6 is 23.2 Å². The van der Waals surface area contributed by atoms with Crippen molar-refractivity contribution in [3.8, 4) is 5.69 Å². The summed E-state index contributed by atoms with van der Waals surface area (Å²) in [5.74, 6) is 0.170. The summed E-state index contributed by atoms with van der Waals surface area (Å²) in [6.07, 6.45) is 2.92. The number of halogens is 2. The third-order valence-electron chi connectivity index (χ3n) is 4.04. The van der Waals surface area contributed by atoms with Gasteiger partial charge in [-0.2, -0.15) is 10.1 Å². The number of nitrogens with zero attached hydrogens (tertiary/aromatic N) is 5. The lowest BCUT2D eigenvalue weighted by Crippen LogP contribution is -2.44. The molecular weight excluding hydrogens is 381 g/mol. The number of carbonyl (C=O) groups is 1. The van der Waals surface area contributed by atoms with E-state index >= 15 is 0 Å². The van der Waals surface area contributed by atoms with Crippen LogP contribution in [0.3, 0.4) is 0 Å². The van der Waals surface area contributed by atoms with Crippen LogP contribution in [0.5, 0.6) is 0 Å². The average molecular weight is 394 g/mol. The van der Waals surface area contributed by atoms with Gasteiger partial charge in [-0.3, -0.25) is 4.79 Å². The van der Waals surface area contributed by atoms with Crippen LogP contribution < -0.4 is 0 Å². The van der Waals surface area contributed by atoms with Crippen LogP contribution in [0.15, 0.2) is 41.4 Å². The van der Waals surface area contributed by atoms with Crippen molar-refractivity contribution in [1.29, 1.82) is 0 Å². The van der Waals surface area contributed by atoms with Crippen LogP contribution in [0.25, 0.3) is 5.69 Å². The van der Waals surface area contributed by atoms with Gasteiger partial charge < -0.3 is 14.2 Å². The van der Waals surface area contributed by atoms with E-state index in [1.165, 1.54) is 6.39 Å². The van der Waals surface area contributed by atoms with Crippen LogP contribution in [0.2, 0.25) is 10.0 Å². The Hall–Kier alpha value is -2.42. The Kier molecular flexibility index (Phi) is 4.62. The quantitative estimate of drug-likeness (QED) is 0.679. The largest absolute Gasteiger partial charge is 0.377 e. The fourth-order valence-corrected chi connectivity index (χ4v) is 3.04. The molecule has 1 atom stereocenters. The minimum Gasteiger partial charge on any atom is -0.377 e. The number of aromatic nitrogens is 4. The number of carbonyl (C=O) groups excluding carboxylic acids is 1. The topological polar surface area (TPSA) is 86.3 Å². The summed E-state index contributed by atoms with van der Waals surface area (Å²) < 4.78 is 11.8. The van der Waals surface area contributed by atoms with Gasteiger partial charge in [0.15, 0.2) is 11.5 Å². The standard InChI is InChI=1S/C16H13Cl2N5O3/c17-11-2-1-10(7-12(11)18)23-4-3-13(20-23)16(24)22-5-6-25-8-14(22)15-19-9-26-21-15/h1-4,7,9,14H,5-6,8H2/t14-/m0/s1. The van der Waals surface area contributed by atoms with Crippen molar-refractivity contribution in [2.45, 2.75) is 6.04 Å². The molecule has 1 aliphatic heterocycles. The minimum absolute atomic E-state index is 0.234. The third kappa shape index (κ3) is 3.18. The predicted molar refractivity (Wildman–Crippen MR) is 92.5 cm³/mol. The maximum Gasteiger partial charge on any atom is 0.275 e. The van der Waals surface area contributed by atoms with Crippen molar-refractivity contribution in [2.24, 2.45) is 0 Å². The van der Waals surface area contributed by atoms with E-state index < -0.39 is 6.04 Å². The van der Waals surface area contributed by atoms with Crippen molar-refractivity contribution < 1.29 is 14.1 Å². The lowest BCUT2D eigenvalue weighted by molar-refractivity contribution is -0.00609. The zero-order valence-corrected chi connectivity index (χ0v) is 14.9. The smallest absolute Gasteiger partial charge is 0.275 e. The maximum absolute atomic E-state index is 12.9. The van der Waals surface area contributed by atoms with Crippen molar-refractivity contribution in [3.63, 3.8) is 0 Å². The molecule has 0 unspecified atom stereocenters. The molecule has 0 aliphatic carbocycles. The van der Waals surface area contributed by atoms with Crippen LogP contribution in [-0.2, 0) is 4.74 Å². The molecule has 0 spiro atoms. The second-order valence-corrected chi connectivity index (χ2v) is 6.44. The number of amides is 1. The molecule has 1 aromatic carbocycles. The summed E-state index contributed by atoms with van der Waals surface area (Å²) in [4.78, 5) is 18.6. The summed E-state index contributed by atoms with van der Waals surface area (Å²) in [5, 5.41) is 9.05. The van der Waals surface area contributed by atoms with Crippen molar-refractivity contribution in [3.05, 3.63) is 58.4 Å². The van der Waals surface area contributed by atoms with Gasteiger partial charge >= 0.3 is 0 Å². The molecule has 26 heavy (non-hydrogen) atoms. The number of morpholine rings is 1. The first-order valence-electron chi connectivity index (χ1n) is 7.79. The Bertz CT molecular complexity index is 928. The lowest BCUT2D eigenvalue weighted by Gasteiger charge is -2.33. The number of hydrogen-bond acceptors (Lipinski definition) is 6. The Morgan fingerprint density at radius 3 is 2.88 bits per heavy atom. The van der Waals surface area contributed by atoms with E-state index in [0.29, 0.717) is 47.0 Å². The molecule has 10 heteroatoms. The lowest BCUT2D eigenvalue weighted by atomic mass is 10.2. The number of hydrogen-bond donors (Lipinski definition) is 0. The molecule has 0 bridgehead atoms. The van der Waals surface area contributed by atoms with E-state index in [1.54, 1.807) is 40.0 Å². The second-order valence-electron chi connectivity index (χ2n) is 5.62. The van der Waals surface area contributed by atoms with Crippen molar-refractivity contribution in [1.82, 2.24) is 24.8 Å². The Morgan fingerprint density at radius 1 is 1.23 bits per heavy atom. The Balaban J connectivity index is 1.60. The Morgan fingerprint density at radius 2 is 2.12 bits per heavy atom. The third-order valence-corrected chi connectivity index (χ3v) is 4.78. The molecule has 1 saturated heterocycles. The van der Waals surface area contributed by atoms with E-state index in [9.17, 15) is 4.79 Å². The van der Waals surface area contributed by atoms with Crippen molar-refractivity contribution >= 4 is 29.1 Å². The summed E-state index contributed by atoms with van der Waals surface area (Å²) in [6.45, 7) is 1.16. The molecule has 4 rings (SSSR count). The highest BCUT2D eigenvalue weighted by Crippen LogP contribution is 2.25. The molecule has 3 aromatic rings. The molecular formula is C16H13Cl2N5O3. The summed E-state index contributed by atoms with van der Waals surface area (Å²) >= 11 is 12.0. The maximum atomic E-state index is 12.9. The monoisotopic (exact) mass is 393 g/mol. The predicted octanol–water partition coefficient (Wildman–Crippen LogP) is 2.78. The molecule has 0 N–H and O–H groups in total. The molecule has 1 amide bonds. The van der Waals surface area contributed by atoms with Gasteiger partial charge in [0.2, 0.25) is 6.39 Å². The minimum atomic E-state index is -0.412. The van der Waals surface area contributed by atoms with Crippen LogP contribution in [-0.4, -0.2) is 50.5 Å². The van der Waals surface area contributed by atoms with Gasteiger partial charge in [-0.25, -0.2) is 4.68 Å². The molecule has 0 radical (unpaired) electrons. The summed E-state index contributed by atoms with van der Waals surface area (Å²) in [5.41, 5.74) is 1.00. The van der Waals surface area contributed by atoms with Crippen LogP contribution in [0.1, 0.15) is 22.4 Å². The molecule has 8 nitrogen and oxygen atoms in total. The summed E-state index contributed by atoms with van der Waals surface area (Å²) in [7, 11) is 0. The van der Waals surface area contributed by atoms with Gasteiger partial charge in [0.1, 0.15) is 6.04 Å². The summed E-state index contributed by atoms with van der Waals surface area (Å²) in [6, 6.07) is 6.36. The zero-order chi connectivity index (χ0) is 18.1. The first-order valence-corrected chi connectivity index (χ1v) is 8.55. The van der Waals surface area contributed by atoms with Gasteiger partial charge in [-0.15, -0.1) is 0 Å². The SMILES string of the molecule is O=C(c1ccn(-c2ccc(Cl)c(Cl)c2)n1)N1CCOC[C@H]1c1ncon1. The van der Waals surface area contributed by atoms with E-state index in [0.717, 1.165) is 0 Å². The molecule has 1 fully saturated rings. The first-order chi connectivity index (χ1) is 12.6. The van der Waals surface area contributed by atoms with Gasteiger partial charge in [-0.1, -0.05) is 28.4 Å². The second kappa shape index (κ2) is 7.06. The number of rotatable bonds is 3. The number of benzene rings is 1. The molecule has 0 saturated carbocycles. The highest BCUT2D eigenvalue weighted by Gasteiger charge is 2.33. The molecule has 2 aromatic heterocycles. The highest BCUT2D eigenvalue weighted by atomic mass is 35.5. The average Bonchev–Trinajstić information content (AvgIpc) is 3.35. The van der Waals surface area contributed by atoms with Crippen LogP contribution in [0, 0.1) is 0 Å². The van der Waals surface area contributed by atoms with Gasteiger partial charge in [0.25, 0.3) is 5.91 Å². The van der Waals surface area contributed by atoms with Gasteiger partial charge in [-0.05, 0) is 24.3 Å². The van der Waals surface area contributed by atoms with E-state index in [-0.39, 0.29) is 5.91 Å². The van der Waals surface area contributed by atoms with Crippen molar-refractivity contribution in [2.75, 3.05) is 19.8 Å². The normalized spacial score (nSPS) is 17.5. The van der Waals surface area contributed by atoms with E-state index in [1.807, 2.05) is 0 Å². The van der Waals surface area contributed by atoms with Crippen LogP contribution in [0.4, 0.5) is 0 Å². The number of ether oxygens (including phenoxy) is 1. The van der Waals surface area contributed by atoms with Gasteiger partial charge in [0, 0.05) is 12.7 Å². The first kappa shape index (κ1) is 17.0. The molecule has 134 valence electrons. The Labute approximate surface area is 158 Å². The highest BCUT2D eigenvalue weighted by molar-refractivity contribution is 6.42. The fourth-order valence-electron chi connectivity index (χ4n) is 2.74. The molecule has 3 heterocycles. The fraction of sp³-hybridized carbons (Fsp3) is 0.250. The van der Waals surface area contributed by atoms with Gasteiger partial charge in [0.05, 0.1) is 28.9 Å². The van der Waals surface area contributed by atoms with E-state index in [4.69, 9.17) is 32.5 Å². The molecule has 1 aliphatic rings. The zero-order valence-electron chi connectivity index (χ0n) is 13.4.